The van der Waals surface area contributed by atoms with Crippen molar-refractivity contribution in [3.8, 4) is 0 Å². The van der Waals surface area contributed by atoms with E-state index in [4.69, 9.17) is 0 Å². The third-order valence-electron chi connectivity index (χ3n) is 6.62. The van der Waals surface area contributed by atoms with Crippen LogP contribution in [0.25, 0.3) is 0 Å². The quantitative estimate of drug-likeness (QED) is 0.797. The molecular formula is C17H28N2O. The van der Waals surface area contributed by atoms with Gasteiger partial charge in [-0.3, -0.25) is 4.79 Å². The molecule has 0 bridgehead atoms. The Bertz CT molecular complexity index is 383. The number of carbonyl (C=O) groups is 1. The molecule has 2 aliphatic carbocycles. The maximum Gasteiger partial charge on any atom is 0.225 e. The van der Waals surface area contributed by atoms with Crippen molar-refractivity contribution in [3.63, 3.8) is 0 Å². The van der Waals surface area contributed by atoms with Gasteiger partial charge in [0.15, 0.2) is 0 Å². The summed E-state index contributed by atoms with van der Waals surface area (Å²) in [5.41, 5.74) is 0. The van der Waals surface area contributed by atoms with Gasteiger partial charge < -0.3 is 10.2 Å². The van der Waals surface area contributed by atoms with E-state index >= 15 is 0 Å². The van der Waals surface area contributed by atoms with Gasteiger partial charge in [0.05, 0.1) is 0 Å². The Balaban J connectivity index is 1.41. The Hall–Kier alpha value is -0.570. The molecule has 4 aliphatic rings. The van der Waals surface area contributed by atoms with Crippen molar-refractivity contribution in [2.75, 3.05) is 19.6 Å². The van der Waals surface area contributed by atoms with Crippen molar-refractivity contribution in [2.45, 2.75) is 57.4 Å². The Morgan fingerprint density at radius 3 is 2.65 bits per heavy atom. The van der Waals surface area contributed by atoms with Crippen LogP contribution in [0.4, 0.5) is 0 Å². The highest BCUT2D eigenvalue weighted by Crippen LogP contribution is 2.43. The van der Waals surface area contributed by atoms with Crippen molar-refractivity contribution < 1.29 is 4.79 Å². The highest BCUT2D eigenvalue weighted by Gasteiger charge is 2.43. The van der Waals surface area contributed by atoms with Gasteiger partial charge in [0.25, 0.3) is 0 Å². The maximum absolute atomic E-state index is 12.9. The van der Waals surface area contributed by atoms with Crippen LogP contribution in [0.5, 0.6) is 0 Å². The summed E-state index contributed by atoms with van der Waals surface area (Å²) in [4.78, 5) is 15.2. The molecule has 0 radical (unpaired) electrons. The summed E-state index contributed by atoms with van der Waals surface area (Å²) < 4.78 is 0. The number of carbonyl (C=O) groups excluding carboxylic acids is 1. The van der Waals surface area contributed by atoms with Gasteiger partial charge in [-0.25, -0.2) is 0 Å². The fraction of sp³-hybridized carbons (Fsp3) is 0.941. The topological polar surface area (TPSA) is 32.3 Å². The van der Waals surface area contributed by atoms with Gasteiger partial charge in [-0.05, 0) is 43.4 Å². The van der Waals surface area contributed by atoms with E-state index in [0.29, 0.717) is 17.9 Å². The average molecular weight is 276 g/mol. The third kappa shape index (κ3) is 2.18. The Morgan fingerprint density at radius 1 is 0.900 bits per heavy atom. The normalized spacial score (nSPS) is 44.2. The predicted octanol–water partition coefficient (Wildman–Crippen LogP) is 2.41. The zero-order valence-corrected chi connectivity index (χ0v) is 12.5. The van der Waals surface area contributed by atoms with Crippen LogP contribution in [0.2, 0.25) is 0 Å². The molecule has 2 saturated carbocycles. The maximum atomic E-state index is 12.9. The molecule has 0 aromatic heterocycles. The number of fused-ring (bicyclic) bond motifs is 2. The predicted molar refractivity (Wildman–Crippen MR) is 79.3 cm³/mol. The van der Waals surface area contributed by atoms with Crippen LogP contribution < -0.4 is 5.32 Å². The lowest BCUT2D eigenvalue weighted by Crippen LogP contribution is -2.44. The van der Waals surface area contributed by atoms with Crippen LogP contribution in [0.1, 0.15) is 51.4 Å². The second kappa shape index (κ2) is 5.32. The molecule has 3 nitrogen and oxygen atoms in total. The number of hydrogen-bond acceptors (Lipinski definition) is 2. The second-order valence-electron chi connectivity index (χ2n) is 7.62. The second-order valence-corrected chi connectivity index (χ2v) is 7.62. The molecule has 3 heteroatoms. The number of hydrogen-bond donors (Lipinski definition) is 1. The monoisotopic (exact) mass is 276 g/mol. The smallest absolute Gasteiger partial charge is 0.225 e. The minimum Gasteiger partial charge on any atom is -0.338 e. The lowest BCUT2D eigenvalue weighted by atomic mass is 9.67. The first-order valence-corrected chi connectivity index (χ1v) is 8.84. The molecular weight excluding hydrogens is 248 g/mol. The fourth-order valence-electron chi connectivity index (χ4n) is 5.45. The molecule has 0 aromatic carbocycles. The van der Waals surface area contributed by atoms with Crippen LogP contribution in [0.15, 0.2) is 0 Å². The van der Waals surface area contributed by atoms with Crippen molar-refractivity contribution in [2.24, 2.45) is 23.7 Å². The van der Waals surface area contributed by atoms with Gasteiger partial charge in [0.1, 0.15) is 0 Å². The van der Waals surface area contributed by atoms with Gasteiger partial charge in [-0.2, -0.15) is 0 Å². The first-order valence-electron chi connectivity index (χ1n) is 8.84. The molecule has 2 aliphatic heterocycles. The molecule has 3 unspecified atom stereocenters. The van der Waals surface area contributed by atoms with E-state index < -0.39 is 0 Å². The fourth-order valence-corrected chi connectivity index (χ4v) is 5.45. The van der Waals surface area contributed by atoms with Gasteiger partial charge in [-0.1, -0.05) is 25.7 Å². The number of nitrogens with one attached hydrogen (secondary N) is 1. The van der Waals surface area contributed by atoms with Crippen LogP contribution >= 0.6 is 0 Å². The first kappa shape index (κ1) is 13.1. The molecule has 0 spiro atoms. The van der Waals surface area contributed by atoms with E-state index in [1.54, 1.807) is 0 Å². The van der Waals surface area contributed by atoms with E-state index in [1.165, 1.54) is 51.4 Å². The van der Waals surface area contributed by atoms with Crippen LogP contribution in [-0.4, -0.2) is 36.5 Å². The Morgan fingerprint density at radius 2 is 1.75 bits per heavy atom. The van der Waals surface area contributed by atoms with E-state index in [9.17, 15) is 4.79 Å². The minimum atomic E-state index is 0.355. The summed E-state index contributed by atoms with van der Waals surface area (Å²) in [5, 5.41) is 3.46. The number of rotatable bonds is 1. The lowest BCUT2D eigenvalue weighted by Gasteiger charge is -2.40. The summed E-state index contributed by atoms with van der Waals surface area (Å²) in [6.45, 7) is 3.19. The van der Waals surface area contributed by atoms with Crippen molar-refractivity contribution in [1.29, 1.82) is 0 Å². The third-order valence-corrected chi connectivity index (χ3v) is 6.62. The highest BCUT2D eigenvalue weighted by atomic mass is 16.2. The molecule has 2 saturated heterocycles. The van der Waals surface area contributed by atoms with E-state index in [2.05, 4.69) is 10.2 Å². The van der Waals surface area contributed by atoms with E-state index in [0.717, 1.165) is 37.4 Å². The number of likely N-dealkylation sites (tertiary alicyclic amines) is 1. The molecule has 5 atom stereocenters. The van der Waals surface area contributed by atoms with Crippen LogP contribution in [0.3, 0.4) is 0 Å². The van der Waals surface area contributed by atoms with Crippen molar-refractivity contribution >= 4 is 5.91 Å². The molecule has 4 fully saturated rings. The van der Waals surface area contributed by atoms with Gasteiger partial charge >= 0.3 is 0 Å². The molecule has 1 N–H and O–H groups in total. The van der Waals surface area contributed by atoms with Crippen LogP contribution in [-0.2, 0) is 4.79 Å². The highest BCUT2D eigenvalue weighted by molar-refractivity contribution is 5.79. The van der Waals surface area contributed by atoms with Gasteiger partial charge in [0.2, 0.25) is 5.91 Å². The zero-order chi connectivity index (χ0) is 13.5. The zero-order valence-electron chi connectivity index (χ0n) is 12.5. The van der Waals surface area contributed by atoms with E-state index in [1.807, 2.05) is 0 Å². The molecule has 20 heavy (non-hydrogen) atoms. The largest absolute Gasteiger partial charge is 0.338 e. The van der Waals surface area contributed by atoms with Crippen LogP contribution in [0, 0.1) is 23.7 Å². The number of nitrogens with zero attached hydrogens (tertiary/aromatic N) is 1. The van der Waals surface area contributed by atoms with Crippen molar-refractivity contribution in [3.05, 3.63) is 0 Å². The molecule has 4 rings (SSSR count). The molecule has 112 valence electrons. The summed E-state index contributed by atoms with van der Waals surface area (Å²) in [7, 11) is 0. The molecule has 2 heterocycles. The standard InChI is InChI=1S/C17H28N2O/c20-17(19-8-7-15-10-18-11-16(15)19)14-6-5-12-3-1-2-4-13(12)9-14/h12-16,18H,1-11H2/t12?,13?,14?,15-,16+/m0/s1. The van der Waals surface area contributed by atoms with E-state index in [-0.39, 0.29) is 0 Å². The Kier molecular flexibility index (Phi) is 3.49. The molecule has 0 aromatic rings. The lowest BCUT2D eigenvalue weighted by molar-refractivity contribution is -0.138. The van der Waals surface area contributed by atoms with Crippen molar-refractivity contribution in [1.82, 2.24) is 10.2 Å². The summed E-state index contributed by atoms with van der Waals surface area (Å²) in [5.74, 6) is 3.42. The summed E-state index contributed by atoms with van der Waals surface area (Å²) in [6.07, 6.45) is 10.6. The minimum absolute atomic E-state index is 0.355. The molecule has 1 amide bonds. The number of amides is 1. The average Bonchev–Trinajstić information content (AvgIpc) is 3.09. The van der Waals surface area contributed by atoms with Gasteiger partial charge in [0, 0.05) is 31.6 Å². The Labute approximate surface area is 122 Å². The summed E-state index contributed by atoms with van der Waals surface area (Å²) in [6, 6.07) is 0.520. The SMILES string of the molecule is O=C(C1CCC2CCCCC2C1)N1CC[C@H]2CNC[C@H]21. The van der Waals surface area contributed by atoms with Gasteiger partial charge in [-0.15, -0.1) is 0 Å². The first-order chi connectivity index (χ1) is 9.83. The summed E-state index contributed by atoms with van der Waals surface area (Å²) >= 11 is 0.